The van der Waals surface area contributed by atoms with Crippen LogP contribution in [0.15, 0.2) is 12.3 Å². The molecule has 0 radical (unpaired) electrons. The second kappa shape index (κ2) is 5.49. The molecule has 0 saturated heterocycles. The van der Waals surface area contributed by atoms with Gasteiger partial charge in [0.1, 0.15) is 11.3 Å². The summed E-state index contributed by atoms with van der Waals surface area (Å²) >= 11 is 5.93. The molecule has 1 fully saturated rings. The summed E-state index contributed by atoms with van der Waals surface area (Å²) in [5.74, 6) is 1.73. The van der Waals surface area contributed by atoms with Crippen molar-refractivity contribution in [3.05, 3.63) is 23.7 Å². The fraction of sp³-hybridized carbons (Fsp3) is 0.600. The van der Waals surface area contributed by atoms with Crippen molar-refractivity contribution in [1.82, 2.24) is 14.5 Å². The van der Waals surface area contributed by atoms with E-state index in [1.54, 1.807) is 0 Å². The summed E-state index contributed by atoms with van der Waals surface area (Å²) < 4.78 is 2.36. The maximum absolute atomic E-state index is 5.93. The second-order valence-corrected chi connectivity index (χ2v) is 5.86. The number of rotatable bonds is 3. The molecular formula is C15H20ClN3. The summed E-state index contributed by atoms with van der Waals surface area (Å²) in [6.45, 7) is 2.06. The number of nitrogens with zero attached hydrogens (tertiary/aromatic N) is 3. The van der Waals surface area contributed by atoms with E-state index >= 15 is 0 Å². The normalized spacial score (nSPS) is 17.2. The maximum Gasteiger partial charge on any atom is 0.160 e. The predicted molar refractivity (Wildman–Crippen MR) is 78.8 cm³/mol. The molecule has 1 aliphatic carbocycles. The lowest BCUT2D eigenvalue weighted by atomic mass is 9.95. The number of hydrogen-bond acceptors (Lipinski definition) is 2. The SMILES string of the molecule is Cc1cnc2c(c1)nc(CCCl)n2C1CCCCC1. The lowest BCUT2D eigenvalue weighted by Gasteiger charge is -2.25. The van der Waals surface area contributed by atoms with Crippen LogP contribution in [0.3, 0.4) is 0 Å². The van der Waals surface area contributed by atoms with Crippen molar-refractivity contribution in [2.75, 3.05) is 5.88 Å². The predicted octanol–water partition coefficient (Wildman–Crippen LogP) is 4.03. The monoisotopic (exact) mass is 277 g/mol. The van der Waals surface area contributed by atoms with E-state index in [0.717, 1.165) is 23.4 Å². The molecule has 102 valence electrons. The summed E-state index contributed by atoms with van der Waals surface area (Å²) in [5, 5.41) is 0. The van der Waals surface area contributed by atoms with Crippen LogP contribution in [0, 0.1) is 6.92 Å². The highest BCUT2D eigenvalue weighted by Gasteiger charge is 2.21. The number of imidazole rings is 1. The minimum absolute atomic E-state index is 0.562. The molecule has 0 N–H and O–H groups in total. The molecule has 0 spiro atoms. The van der Waals surface area contributed by atoms with Crippen molar-refractivity contribution in [2.24, 2.45) is 0 Å². The van der Waals surface area contributed by atoms with Gasteiger partial charge in [-0.2, -0.15) is 0 Å². The van der Waals surface area contributed by atoms with E-state index in [-0.39, 0.29) is 0 Å². The van der Waals surface area contributed by atoms with Crippen LogP contribution in [0.2, 0.25) is 0 Å². The zero-order chi connectivity index (χ0) is 13.2. The van der Waals surface area contributed by atoms with Crippen molar-refractivity contribution in [2.45, 2.75) is 51.5 Å². The molecule has 0 atom stereocenters. The molecule has 0 unspecified atom stereocenters. The minimum Gasteiger partial charge on any atom is -0.310 e. The lowest BCUT2D eigenvalue weighted by molar-refractivity contribution is 0.352. The minimum atomic E-state index is 0.562. The van der Waals surface area contributed by atoms with Gasteiger partial charge >= 0.3 is 0 Å². The fourth-order valence-electron chi connectivity index (χ4n) is 3.11. The first kappa shape index (κ1) is 12.9. The van der Waals surface area contributed by atoms with Crippen LogP contribution in [-0.2, 0) is 6.42 Å². The number of aromatic nitrogens is 3. The summed E-state index contributed by atoms with van der Waals surface area (Å²) in [6.07, 6.45) is 9.25. The van der Waals surface area contributed by atoms with E-state index in [1.807, 2.05) is 6.20 Å². The molecule has 3 nitrogen and oxygen atoms in total. The van der Waals surface area contributed by atoms with E-state index < -0.39 is 0 Å². The van der Waals surface area contributed by atoms with Gasteiger partial charge in [0.2, 0.25) is 0 Å². The van der Waals surface area contributed by atoms with Crippen LogP contribution in [-0.4, -0.2) is 20.4 Å². The van der Waals surface area contributed by atoms with Crippen molar-refractivity contribution in [3.8, 4) is 0 Å². The first-order valence-corrected chi connectivity index (χ1v) is 7.72. The molecule has 2 heterocycles. The molecule has 1 saturated carbocycles. The van der Waals surface area contributed by atoms with Crippen LogP contribution in [0.5, 0.6) is 0 Å². The molecule has 2 aromatic rings. The van der Waals surface area contributed by atoms with E-state index in [1.165, 1.54) is 37.7 Å². The van der Waals surface area contributed by atoms with Gasteiger partial charge in [-0.15, -0.1) is 11.6 Å². The van der Waals surface area contributed by atoms with Gasteiger partial charge in [0.15, 0.2) is 5.65 Å². The summed E-state index contributed by atoms with van der Waals surface area (Å²) in [5.41, 5.74) is 3.22. The number of pyridine rings is 1. The number of alkyl halides is 1. The molecule has 2 aromatic heterocycles. The molecule has 4 heteroatoms. The van der Waals surface area contributed by atoms with Crippen LogP contribution in [0.1, 0.15) is 49.5 Å². The van der Waals surface area contributed by atoms with Crippen LogP contribution >= 0.6 is 11.6 Å². The third-order valence-corrected chi connectivity index (χ3v) is 4.19. The van der Waals surface area contributed by atoms with Gasteiger partial charge in [0.25, 0.3) is 0 Å². The van der Waals surface area contributed by atoms with E-state index in [2.05, 4.69) is 22.5 Å². The van der Waals surface area contributed by atoms with Crippen LogP contribution in [0.4, 0.5) is 0 Å². The number of hydrogen-bond donors (Lipinski definition) is 0. The highest BCUT2D eigenvalue weighted by Crippen LogP contribution is 2.32. The molecular weight excluding hydrogens is 258 g/mol. The molecule has 1 aliphatic rings. The highest BCUT2D eigenvalue weighted by atomic mass is 35.5. The summed E-state index contributed by atoms with van der Waals surface area (Å²) in [6, 6.07) is 2.69. The standard InChI is InChI=1S/C15H20ClN3/c1-11-9-13-15(17-10-11)19(14(18-13)7-8-16)12-5-3-2-4-6-12/h9-10,12H,2-8H2,1H3. The van der Waals surface area contributed by atoms with Gasteiger partial charge in [0.05, 0.1) is 0 Å². The van der Waals surface area contributed by atoms with Crippen molar-refractivity contribution in [3.63, 3.8) is 0 Å². The number of fused-ring (bicyclic) bond motifs is 1. The smallest absolute Gasteiger partial charge is 0.160 e. The van der Waals surface area contributed by atoms with Crippen LogP contribution < -0.4 is 0 Å². The quantitative estimate of drug-likeness (QED) is 0.793. The van der Waals surface area contributed by atoms with Gasteiger partial charge in [-0.1, -0.05) is 19.3 Å². The Bertz CT molecular complexity index is 570. The molecule has 0 amide bonds. The van der Waals surface area contributed by atoms with E-state index in [9.17, 15) is 0 Å². The van der Waals surface area contributed by atoms with E-state index in [4.69, 9.17) is 16.6 Å². The lowest BCUT2D eigenvalue weighted by Crippen LogP contribution is -2.16. The van der Waals surface area contributed by atoms with Gasteiger partial charge < -0.3 is 4.57 Å². The fourth-order valence-corrected chi connectivity index (χ4v) is 3.28. The maximum atomic E-state index is 5.93. The Morgan fingerprint density at radius 3 is 2.84 bits per heavy atom. The Morgan fingerprint density at radius 2 is 2.11 bits per heavy atom. The Balaban J connectivity index is 2.09. The van der Waals surface area contributed by atoms with E-state index in [0.29, 0.717) is 11.9 Å². The van der Waals surface area contributed by atoms with Crippen molar-refractivity contribution < 1.29 is 0 Å². The van der Waals surface area contributed by atoms with Gasteiger partial charge in [0, 0.05) is 24.5 Å². The average Bonchev–Trinajstić information content (AvgIpc) is 2.77. The van der Waals surface area contributed by atoms with Crippen LogP contribution in [0.25, 0.3) is 11.2 Å². The number of aryl methyl sites for hydroxylation is 2. The third kappa shape index (κ3) is 2.48. The summed E-state index contributed by atoms with van der Waals surface area (Å²) in [4.78, 5) is 9.37. The zero-order valence-electron chi connectivity index (χ0n) is 11.4. The van der Waals surface area contributed by atoms with Crippen molar-refractivity contribution >= 4 is 22.8 Å². The van der Waals surface area contributed by atoms with Gasteiger partial charge in [-0.3, -0.25) is 0 Å². The molecule has 19 heavy (non-hydrogen) atoms. The summed E-state index contributed by atoms with van der Waals surface area (Å²) in [7, 11) is 0. The Labute approximate surface area is 119 Å². The van der Waals surface area contributed by atoms with Gasteiger partial charge in [-0.25, -0.2) is 9.97 Å². The Kier molecular flexibility index (Phi) is 3.74. The number of halogens is 1. The first-order valence-electron chi connectivity index (χ1n) is 7.19. The molecule has 0 aromatic carbocycles. The zero-order valence-corrected chi connectivity index (χ0v) is 12.2. The molecule has 0 bridgehead atoms. The molecule has 3 rings (SSSR count). The average molecular weight is 278 g/mol. The second-order valence-electron chi connectivity index (χ2n) is 5.48. The van der Waals surface area contributed by atoms with Gasteiger partial charge in [-0.05, 0) is 31.4 Å². The third-order valence-electron chi connectivity index (χ3n) is 4.00. The topological polar surface area (TPSA) is 30.7 Å². The first-order chi connectivity index (χ1) is 9.29. The molecule has 0 aliphatic heterocycles. The highest BCUT2D eigenvalue weighted by molar-refractivity contribution is 6.17. The Morgan fingerprint density at radius 1 is 1.32 bits per heavy atom. The van der Waals surface area contributed by atoms with Crippen molar-refractivity contribution in [1.29, 1.82) is 0 Å². The largest absolute Gasteiger partial charge is 0.310 e. The Hall–Kier alpha value is -1.09.